The Labute approximate surface area is 78.6 Å². The van der Waals surface area contributed by atoms with Crippen LogP contribution in [0.4, 0.5) is 0 Å². The average Bonchev–Trinajstić information content (AvgIpc) is 2.71. The average molecular weight is 177 g/mol. The third-order valence-electron chi connectivity index (χ3n) is 2.62. The van der Waals surface area contributed by atoms with Gasteiger partial charge in [-0.1, -0.05) is 30.3 Å². The molecular weight excluding hydrogens is 162 g/mol. The number of nitrogens with one attached hydrogen (secondary N) is 1. The fraction of sp³-hybridized carbons (Fsp3) is 0.455. The lowest BCUT2D eigenvalue weighted by Gasteiger charge is -2.18. The number of rotatable bonds is 2. The smallest absolute Gasteiger partial charge is 0.0942 e. The van der Waals surface area contributed by atoms with E-state index in [1.54, 1.807) is 0 Å². The molecule has 2 heteroatoms. The van der Waals surface area contributed by atoms with Crippen molar-refractivity contribution in [1.29, 1.82) is 0 Å². The first-order valence-corrected chi connectivity index (χ1v) is 4.84. The van der Waals surface area contributed by atoms with Gasteiger partial charge in [0.15, 0.2) is 0 Å². The molecular formula is C11H15NO. The molecule has 1 saturated heterocycles. The molecule has 2 rings (SSSR count). The van der Waals surface area contributed by atoms with Crippen LogP contribution in [0.3, 0.4) is 0 Å². The van der Waals surface area contributed by atoms with Crippen molar-refractivity contribution in [2.24, 2.45) is 0 Å². The minimum atomic E-state index is -0.344. The monoisotopic (exact) mass is 177 g/mol. The van der Waals surface area contributed by atoms with Crippen molar-refractivity contribution in [1.82, 2.24) is 5.32 Å². The fourth-order valence-corrected chi connectivity index (χ4v) is 1.86. The molecule has 0 amide bonds. The Hall–Kier alpha value is -0.860. The van der Waals surface area contributed by atoms with E-state index in [0.717, 1.165) is 18.5 Å². The molecule has 0 bridgehead atoms. The van der Waals surface area contributed by atoms with E-state index in [9.17, 15) is 5.11 Å². The molecule has 0 radical (unpaired) electrons. The predicted octanol–water partition coefficient (Wildman–Crippen LogP) is 1.47. The Balaban J connectivity index is 2.08. The van der Waals surface area contributed by atoms with Gasteiger partial charge in [-0.2, -0.15) is 0 Å². The Kier molecular flexibility index (Phi) is 2.62. The van der Waals surface area contributed by atoms with Crippen molar-refractivity contribution in [2.45, 2.75) is 25.0 Å². The van der Waals surface area contributed by atoms with Gasteiger partial charge in [0, 0.05) is 6.04 Å². The third-order valence-corrected chi connectivity index (χ3v) is 2.62. The van der Waals surface area contributed by atoms with E-state index in [4.69, 9.17) is 0 Å². The summed E-state index contributed by atoms with van der Waals surface area (Å²) >= 11 is 0. The molecule has 1 aliphatic rings. The zero-order valence-electron chi connectivity index (χ0n) is 7.61. The lowest BCUT2D eigenvalue weighted by molar-refractivity contribution is 0.137. The molecule has 2 N–H and O–H groups in total. The van der Waals surface area contributed by atoms with Crippen molar-refractivity contribution in [3.63, 3.8) is 0 Å². The number of aliphatic hydroxyl groups excluding tert-OH is 1. The van der Waals surface area contributed by atoms with Gasteiger partial charge < -0.3 is 10.4 Å². The highest BCUT2D eigenvalue weighted by Gasteiger charge is 2.23. The second-order valence-corrected chi connectivity index (χ2v) is 3.56. The summed E-state index contributed by atoms with van der Waals surface area (Å²) in [4.78, 5) is 0. The molecule has 1 fully saturated rings. The van der Waals surface area contributed by atoms with Crippen LogP contribution in [0, 0.1) is 0 Å². The number of hydrogen-bond donors (Lipinski definition) is 2. The lowest BCUT2D eigenvalue weighted by Crippen LogP contribution is -2.28. The summed E-state index contributed by atoms with van der Waals surface area (Å²) in [5, 5.41) is 13.3. The van der Waals surface area contributed by atoms with Crippen LogP contribution in [0.5, 0.6) is 0 Å². The Morgan fingerprint density at radius 2 is 2.08 bits per heavy atom. The molecule has 1 aromatic carbocycles. The van der Waals surface area contributed by atoms with Crippen molar-refractivity contribution in [3.8, 4) is 0 Å². The van der Waals surface area contributed by atoms with Crippen molar-refractivity contribution in [3.05, 3.63) is 35.9 Å². The molecule has 1 aromatic rings. The Bertz CT molecular complexity index is 254. The van der Waals surface area contributed by atoms with E-state index in [1.165, 1.54) is 6.42 Å². The highest BCUT2D eigenvalue weighted by molar-refractivity contribution is 5.19. The van der Waals surface area contributed by atoms with E-state index >= 15 is 0 Å². The van der Waals surface area contributed by atoms with E-state index in [2.05, 4.69) is 5.32 Å². The summed E-state index contributed by atoms with van der Waals surface area (Å²) in [6, 6.07) is 10.1. The van der Waals surface area contributed by atoms with Crippen LogP contribution in [0.25, 0.3) is 0 Å². The minimum absolute atomic E-state index is 0.252. The summed E-state index contributed by atoms with van der Waals surface area (Å²) in [5.74, 6) is 0. The summed E-state index contributed by atoms with van der Waals surface area (Å²) in [7, 11) is 0. The molecule has 1 aliphatic heterocycles. The van der Waals surface area contributed by atoms with Gasteiger partial charge in [-0.3, -0.25) is 0 Å². The quantitative estimate of drug-likeness (QED) is 0.717. The second-order valence-electron chi connectivity index (χ2n) is 3.56. The molecule has 2 atom stereocenters. The molecule has 0 spiro atoms. The molecule has 2 nitrogen and oxygen atoms in total. The van der Waals surface area contributed by atoms with E-state index in [-0.39, 0.29) is 12.1 Å². The zero-order valence-corrected chi connectivity index (χ0v) is 7.61. The van der Waals surface area contributed by atoms with Crippen molar-refractivity contribution >= 4 is 0 Å². The van der Waals surface area contributed by atoms with Crippen LogP contribution >= 0.6 is 0 Å². The minimum Gasteiger partial charge on any atom is -0.387 e. The zero-order chi connectivity index (χ0) is 9.10. The maximum atomic E-state index is 9.96. The van der Waals surface area contributed by atoms with Gasteiger partial charge in [0.05, 0.1) is 6.10 Å². The first-order valence-electron chi connectivity index (χ1n) is 4.84. The van der Waals surface area contributed by atoms with Gasteiger partial charge in [-0.25, -0.2) is 0 Å². The first-order chi connectivity index (χ1) is 6.38. The standard InChI is InChI=1S/C11H15NO/c13-11(10-7-4-8-12-10)9-5-2-1-3-6-9/h1-3,5-6,10-13H,4,7-8H2/t10?,11-/m1/s1. The number of benzene rings is 1. The number of hydrogen-bond acceptors (Lipinski definition) is 2. The van der Waals surface area contributed by atoms with Crippen LogP contribution in [0.2, 0.25) is 0 Å². The lowest BCUT2D eigenvalue weighted by atomic mass is 10.0. The largest absolute Gasteiger partial charge is 0.387 e. The number of aliphatic hydroxyl groups is 1. The van der Waals surface area contributed by atoms with Crippen molar-refractivity contribution < 1.29 is 5.11 Å². The van der Waals surface area contributed by atoms with Gasteiger partial charge >= 0.3 is 0 Å². The molecule has 13 heavy (non-hydrogen) atoms. The third kappa shape index (κ3) is 1.90. The highest BCUT2D eigenvalue weighted by atomic mass is 16.3. The second kappa shape index (κ2) is 3.90. The van der Waals surface area contributed by atoms with Gasteiger partial charge in [-0.15, -0.1) is 0 Å². The van der Waals surface area contributed by atoms with Crippen LogP contribution in [0.1, 0.15) is 24.5 Å². The molecule has 1 heterocycles. The molecule has 1 unspecified atom stereocenters. The van der Waals surface area contributed by atoms with E-state index < -0.39 is 0 Å². The predicted molar refractivity (Wildman–Crippen MR) is 52.4 cm³/mol. The molecule has 0 aliphatic carbocycles. The molecule has 70 valence electrons. The van der Waals surface area contributed by atoms with Crippen LogP contribution < -0.4 is 5.32 Å². The SMILES string of the molecule is O[C@H](c1ccccc1)C1CCCN1. The van der Waals surface area contributed by atoms with Gasteiger partial charge in [-0.05, 0) is 24.9 Å². The summed E-state index contributed by atoms with van der Waals surface area (Å²) in [6.07, 6.45) is 1.91. The van der Waals surface area contributed by atoms with Gasteiger partial charge in [0.25, 0.3) is 0 Å². The topological polar surface area (TPSA) is 32.3 Å². The normalized spacial score (nSPS) is 24.5. The Morgan fingerprint density at radius 1 is 1.31 bits per heavy atom. The summed E-state index contributed by atoms with van der Waals surface area (Å²) in [5.41, 5.74) is 1.02. The van der Waals surface area contributed by atoms with Crippen LogP contribution in [0.15, 0.2) is 30.3 Å². The Morgan fingerprint density at radius 3 is 2.69 bits per heavy atom. The van der Waals surface area contributed by atoms with E-state index in [1.807, 2.05) is 30.3 Å². The van der Waals surface area contributed by atoms with Crippen LogP contribution in [-0.2, 0) is 0 Å². The maximum absolute atomic E-state index is 9.96. The maximum Gasteiger partial charge on any atom is 0.0942 e. The first kappa shape index (κ1) is 8.73. The van der Waals surface area contributed by atoms with Gasteiger partial charge in [0.2, 0.25) is 0 Å². The molecule has 0 saturated carbocycles. The fourth-order valence-electron chi connectivity index (χ4n) is 1.86. The van der Waals surface area contributed by atoms with Gasteiger partial charge in [0.1, 0.15) is 0 Å². The summed E-state index contributed by atoms with van der Waals surface area (Å²) in [6.45, 7) is 1.04. The van der Waals surface area contributed by atoms with E-state index in [0.29, 0.717) is 0 Å². The molecule has 0 aromatic heterocycles. The summed E-state index contributed by atoms with van der Waals surface area (Å²) < 4.78 is 0. The van der Waals surface area contributed by atoms with Crippen LogP contribution in [-0.4, -0.2) is 17.7 Å². The van der Waals surface area contributed by atoms with Crippen molar-refractivity contribution in [2.75, 3.05) is 6.54 Å². The highest BCUT2D eigenvalue weighted by Crippen LogP contribution is 2.22.